The summed E-state index contributed by atoms with van der Waals surface area (Å²) >= 11 is 0. The molecule has 1 aliphatic rings. The quantitative estimate of drug-likeness (QED) is 0.799. The second-order valence-electron chi connectivity index (χ2n) is 5.42. The lowest BCUT2D eigenvalue weighted by Gasteiger charge is -2.22. The predicted octanol–water partition coefficient (Wildman–Crippen LogP) is 2.06. The molecule has 1 saturated heterocycles. The monoisotopic (exact) mass is 306 g/mol. The Morgan fingerprint density at radius 2 is 1.91 bits per heavy atom. The van der Waals surface area contributed by atoms with Crippen LogP contribution in [-0.2, 0) is 4.79 Å². The Morgan fingerprint density at radius 1 is 1.23 bits per heavy atom. The molecule has 22 heavy (non-hydrogen) atoms. The lowest BCUT2D eigenvalue weighted by Crippen LogP contribution is -2.41. The van der Waals surface area contributed by atoms with Crippen LogP contribution in [0.5, 0.6) is 11.5 Å². The van der Waals surface area contributed by atoms with E-state index in [0.717, 1.165) is 25.3 Å². The predicted molar refractivity (Wildman–Crippen MR) is 86.4 cm³/mol. The molecule has 0 radical (unpaired) electrons. The van der Waals surface area contributed by atoms with E-state index in [1.54, 1.807) is 0 Å². The molecule has 0 spiro atoms. The smallest absolute Gasteiger partial charge is 0.257 e. The number of carbonyl (C=O) groups is 1. The average molecular weight is 306 g/mol. The minimum Gasteiger partial charge on any atom is -0.494 e. The van der Waals surface area contributed by atoms with E-state index in [1.807, 2.05) is 31.2 Å². The molecule has 1 heterocycles. The molecule has 2 rings (SSSR count). The summed E-state index contributed by atoms with van der Waals surface area (Å²) in [5.41, 5.74) is 0. The molecule has 1 atom stereocenters. The van der Waals surface area contributed by atoms with Crippen LogP contribution >= 0.6 is 0 Å². The van der Waals surface area contributed by atoms with Crippen molar-refractivity contribution in [2.45, 2.75) is 32.7 Å². The van der Waals surface area contributed by atoms with Crippen LogP contribution in [0.25, 0.3) is 0 Å². The SMILES string of the molecule is CCOc1ccc(OCC(=O)NCC2CCCN2CC)cc1. The Morgan fingerprint density at radius 3 is 2.55 bits per heavy atom. The summed E-state index contributed by atoms with van der Waals surface area (Å²) in [5.74, 6) is 1.41. The van der Waals surface area contributed by atoms with Crippen molar-refractivity contribution in [3.05, 3.63) is 24.3 Å². The third-order valence-electron chi connectivity index (χ3n) is 3.94. The summed E-state index contributed by atoms with van der Waals surface area (Å²) in [6.07, 6.45) is 2.38. The number of nitrogens with one attached hydrogen (secondary N) is 1. The highest BCUT2D eigenvalue weighted by Gasteiger charge is 2.23. The van der Waals surface area contributed by atoms with E-state index in [9.17, 15) is 4.79 Å². The molecule has 0 saturated carbocycles. The molecule has 5 heteroatoms. The number of likely N-dealkylation sites (N-methyl/N-ethyl adjacent to an activating group) is 1. The van der Waals surface area contributed by atoms with Crippen LogP contribution in [0, 0.1) is 0 Å². The van der Waals surface area contributed by atoms with Crippen molar-refractivity contribution in [2.75, 3.05) is 32.8 Å². The van der Waals surface area contributed by atoms with E-state index >= 15 is 0 Å². The Bertz CT molecular complexity index is 461. The first-order valence-electron chi connectivity index (χ1n) is 8.09. The number of hydrogen-bond acceptors (Lipinski definition) is 4. The largest absolute Gasteiger partial charge is 0.494 e. The zero-order chi connectivity index (χ0) is 15.8. The van der Waals surface area contributed by atoms with Crippen molar-refractivity contribution in [2.24, 2.45) is 0 Å². The summed E-state index contributed by atoms with van der Waals surface area (Å²) in [6, 6.07) is 7.78. The van der Waals surface area contributed by atoms with Crippen LogP contribution in [0.3, 0.4) is 0 Å². The van der Waals surface area contributed by atoms with Crippen LogP contribution < -0.4 is 14.8 Å². The van der Waals surface area contributed by atoms with Crippen LogP contribution in [0.1, 0.15) is 26.7 Å². The highest BCUT2D eigenvalue weighted by Crippen LogP contribution is 2.17. The molecule has 0 bridgehead atoms. The number of hydrogen-bond donors (Lipinski definition) is 1. The zero-order valence-electron chi connectivity index (χ0n) is 13.5. The van der Waals surface area contributed by atoms with Crippen molar-refractivity contribution in [1.82, 2.24) is 10.2 Å². The van der Waals surface area contributed by atoms with Gasteiger partial charge in [-0.2, -0.15) is 0 Å². The van der Waals surface area contributed by atoms with Gasteiger partial charge in [0.05, 0.1) is 6.61 Å². The number of rotatable bonds is 8. The number of ether oxygens (including phenoxy) is 2. The molecule has 1 aliphatic heterocycles. The number of carbonyl (C=O) groups excluding carboxylic acids is 1. The summed E-state index contributed by atoms with van der Waals surface area (Å²) < 4.78 is 10.9. The topological polar surface area (TPSA) is 50.8 Å². The Labute approximate surface area is 132 Å². The van der Waals surface area contributed by atoms with Gasteiger partial charge in [0, 0.05) is 12.6 Å². The maximum Gasteiger partial charge on any atom is 0.257 e. The van der Waals surface area contributed by atoms with Crippen molar-refractivity contribution >= 4 is 5.91 Å². The summed E-state index contributed by atoms with van der Waals surface area (Å²) in [7, 11) is 0. The standard InChI is InChI=1S/C17H26N2O3/c1-3-19-11-5-6-14(19)12-18-17(20)13-22-16-9-7-15(8-10-16)21-4-2/h7-10,14H,3-6,11-13H2,1-2H3,(H,18,20). The lowest BCUT2D eigenvalue weighted by atomic mass is 10.2. The van der Waals surface area contributed by atoms with Gasteiger partial charge in [-0.25, -0.2) is 0 Å². The number of likely N-dealkylation sites (tertiary alicyclic amines) is 1. The summed E-state index contributed by atoms with van der Waals surface area (Å²) in [5, 5.41) is 2.96. The second-order valence-corrected chi connectivity index (χ2v) is 5.42. The van der Waals surface area contributed by atoms with Crippen molar-refractivity contribution in [1.29, 1.82) is 0 Å². The molecular formula is C17H26N2O3. The first-order valence-corrected chi connectivity index (χ1v) is 8.09. The minimum absolute atomic E-state index is 0.0484. The molecule has 1 fully saturated rings. The Kier molecular flexibility index (Phi) is 6.52. The second kappa shape index (κ2) is 8.63. The van der Waals surface area contributed by atoms with Crippen molar-refractivity contribution < 1.29 is 14.3 Å². The molecule has 1 amide bonds. The molecule has 1 aromatic carbocycles. The molecular weight excluding hydrogens is 280 g/mol. The molecule has 5 nitrogen and oxygen atoms in total. The highest BCUT2D eigenvalue weighted by molar-refractivity contribution is 5.77. The third kappa shape index (κ3) is 4.91. The van der Waals surface area contributed by atoms with Gasteiger partial charge < -0.3 is 14.8 Å². The van der Waals surface area contributed by atoms with Gasteiger partial charge in [0.25, 0.3) is 5.91 Å². The molecule has 0 aliphatic carbocycles. The molecule has 1 unspecified atom stereocenters. The van der Waals surface area contributed by atoms with Gasteiger partial charge in [-0.05, 0) is 57.1 Å². The fourth-order valence-electron chi connectivity index (χ4n) is 2.77. The van der Waals surface area contributed by atoms with Crippen LogP contribution in [-0.4, -0.2) is 49.7 Å². The number of amides is 1. The van der Waals surface area contributed by atoms with E-state index in [2.05, 4.69) is 17.1 Å². The van der Waals surface area contributed by atoms with E-state index in [-0.39, 0.29) is 12.5 Å². The Hall–Kier alpha value is -1.75. The maximum absolute atomic E-state index is 11.9. The zero-order valence-corrected chi connectivity index (χ0v) is 13.5. The lowest BCUT2D eigenvalue weighted by molar-refractivity contribution is -0.123. The fraction of sp³-hybridized carbons (Fsp3) is 0.588. The first-order chi connectivity index (χ1) is 10.7. The van der Waals surface area contributed by atoms with E-state index in [4.69, 9.17) is 9.47 Å². The number of benzene rings is 1. The molecule has 1 aromatic rings. The summed E-state index contributed by atoms with van der Waals surface area (Å²) in [6.45, 7) is 7.68. The highest BCUT2D eigenvalue weighted by atomic mass is 16.5. The van der Waals surface area contributed by atoms with Gasteiger partial charge in [0.15, 0.2) is 6.61 Å². The van der Waals surface area contributed by atoms with Crippen molar-refractivity contribution in [3.63, 3.8) is 0 Å². The normalized spacial score (nSPS) is 18.2. The van der Waals surface area contributed by atoms with Crippen molar-refractivity contribution in [3.8, 4) is 11.5 Å². The van der Waals surface area contributed by atoms with Gasteiger partial charge in [-0.3, -0.25) is 9.69 Å². The van der Waals surface area contributed by atoms with Gasteiger partial charge in [0.2, 0.25) is 0 Å². The average Bonchev–Trinajstić information content (AvgIpc) is 3.00. The maximum atomic E-state index is 11.9. The van der Waals surface area contributed by atoms with Gasteiger partial charge in [-0.15, -0.1) is 0 Å². The van der Waals surface area contributed by atoms with E-state index < -0.39 is 0 Å². The number of nitrogens with zero attached hydrogens (tertiary/aromatic N) is 1. The molecule has 0 aromatic heterocycles. The molecule has 122 valence electrons. The first kappa shape index (κ1) is 16.6. The van der Waals surface area contributed by atoms with Crippen LogP contribution in [0.15, 0.2) is 24.3 Å². The van der Waals surface area contributed by atoms with Gasteiger partial charge in [-0.1, -0.05) is 6.92 Å². The van der Waals surface area contributed by atoms with E-state index in [0.29, 0.717) is 24.9 Å². The Balaban J connectivity index is 1.69. The summed E-state index contributed by atoms with van der Waals surface area (Å²) in [4.78, 5) is 14.3. The third-order valence-corrected chi connectivity index (χ3v) is 3.94. The van der Waals surface area contributed by atoms with Crippen LogP contribution in [0.4, 0.5) is 0 Å². The molecule has 1 N–H and O–H groups in total. The van der Waals surface area contributed by atoms with Crippen LogP contribution in [0.2, 0.25) is 0 Å². The van der Waals surface area contributed by atoms with E-state index in [1.165, 1.54) is 6.42 Å². The minimum atomic E-state index is -0.0724. The fourth-order valence-corrected chi connectivity index (χ4v) is 2.77. The van der Waals surface area contributed by atoms with Gasteiger partial charge in [0.1, 0.15) is 11.5 Å². The van der Waals surface area contributed by atoms with Gasteiger partial charge >= 0.3 is 0 Å².